The average molecular weight is 237 g/mol. The molecular weight excluding hydrogens is 214 g/mol. The summed E-state index contributed by atoms with van der Waals surface area (Å²) in [5.41, 5.74) is 1.55. The molecule has 3 nitrogen and oxygen atoms in total. The Morgan fingerprint density at radius 2 is 2.41 bits per heavy atom. The predicted molar refractivity (Wildman–Crippen MR) is 68.1 cm³/mol. The molecule has 0 radical (unpaired) electrons. The van der Waals surface area contributed by atoms with Crippen LogP contribution in [-0.2, 0) is 11.2 Å². The normalized spacial score (nSPS) is 25.0. The highest BCUT2D eigenvalue weighted by molar-refractivity contribution is 5.09. The number of ether oxygens (including phenoxy) is 1. The van der Waals surface area contributed by atoms with Crippen LogP contribution in [0.25, 0.3) is 0 Å². The molecule has 1 aromatic rings. The Morgan fingerprint density at radius 3 is 3.06 bits per heavy atom. The summed E-state index contributed by atoms with van der Waals surface area (Å²) in [5.74, 6) is 0. The number of hydrogen-bond donors (Lipinski definition) is 1. The fourth-order valence-corrected chi connectivity index (χ4v) is 2.61. The Kier molecular flexibility index (Phi) is 4.63. The van der Waals surface area contributed by atoms with Crippen LogP contribution in [0.1, 0.15) is 31.7 Å². The van der Waals surface area contributed by atoms with Gasteiger partial charge < -0.3 is 14.5 Å². The molecule has 1 fully saturated rings. The lowest BCUT2D eigenvalue weighted by Gasteiger charge is -2.37. The summed E-state index contributed by atoms with van der Waals surface area (Å²) in [4.78, 5) is 0. The second kappa shape index (κ2) is 6.22. The smallest absolute Gasteiger partial charge is 0.0934 e. The number of rotatable bonds is 6. The van der Waals surface area contributed by atoms with Crippen molar-refractivity contribution in [1.82, 2.24) is 5.32 Å². The zero-order chi connectivity index (χ0) is 12.0. The van der Waals surface area contributed by atoms with E-state index in [4.69, 9.17) is 9.15 Å². The first-order valence-electron chi connectivity index (χ1n) is 6.64. The monoisotopic (exact) mass is 237 g/mol. The van der Waals surface area contributed by atoms with E-state index in [0.717, 1.165) is 32.7 Å². The molecule has 1 atom stereocenters. The molecule has 1 unspecified atom stereocenters. The van der Waals surface area contributed by atoms with Gasteiger partial charge in [-0.1, -0.05) is 6.92 Å². The van der Waals surface area contributed by atoms with Crippen LogP contribution in [0.5, 0.6) is 0 Å². The van der Waals surface area contributed by atoms with Crippen molar-refractivity contribution in [3.63, 3.8) is 0 Å². The van der Waals surface area contributed by atoms with Crippen LogP contribution < -0.4 is 5.32 Å². The minimum atomic E-state index is 0.261. The summed E-state index contributed by atoms with van der Waals surface area (Å²) in [6.45, 7) is 6.13. The molecular formula is C14H23NO2. The highest BCUT2D eigenvalue weighted by atomic mass is 16.5. The highest BCUT2D eigenvalue weighted by Gasteiger charge is 2.32. The summed E-state index contributed by atoms with van der Waals surface area (Å²) < 4.78 is 10.9. The van der Waals surface area contributed by atoms with Crippen LogP contribution in [-0.4, -0.2) is 26.3 Å². The zero-order valence-electron chi connectivity index (χ0n) is 10.7. The minimum Gasteiger partial charge on any atom is -0.472 e. The maximum Gasteiger partial charge on any atom is 0.0934 e. The fraction of sp³-hybridized carbons (Fsp3) is 0.714. The molecule has 17 heavy (non-hydrogen) atoms. The van der Waals surface area contributed by atoms with E-state index in [1.54, 1.807) is 6.26 Å². The van der Waals surface area contributed by atoms with Crippen molar-refractivity contribution in [2.24, 2.45) is 5.41 Å². The maximum atomic E-state index is 5.69. The van der Waals surface area contributed by atoms with Gasteiger partial charge in [0.15, 0.2) is 0 Å². The molecule has 1 aliphatic heterocycles. The molecule has 2 heterocycles. The van der Waals surface area contributed by atoms with E-state index in [1.807, 2.05) is 6.26 Å². The van der Waals surface area contributed by atoms with Crippen molar-refractivity contribution >= 4 is 0 Å². The van der Waals surface area contributed by atoms with Gasteiger partial charge in [0.25, 0.3) is 0 Å². The van der Waals surface area contributed by atoms with Crippen molar-refractivity contribution < 1.29 is 9.15 Å². The summed E-state index contributed by atoms with van der Waals surface area (Å²) in [5, 5.41) is 3.55. The Labute approximate surface area is 104 Å². The second-order valence-electron chi connectivity index (χ2n) is 5.14. The summed E-state index contributed by atoms with van der Waals surface area (Å²) in [6, 6.07) is 2.07. The Balaban J connectivity index is 1.95. The zero-order valence-corrected chi connectivity index (χ0v) is 10.7. The van der Waals surface area contributed by atoms with Crippen molar-refractivity contribution in [3.8, 4) is 0 Å². The lowest BCUT2D eigenvalue weighted by Crippen LogP contribution is -2.42. The summed E-state index contributed by atoms with van der Waals surface area (Å²) in [6.07, 6.45) is 8.27. The van der Waals surface area contributed by atoms with Crippen molar-refractivity contribution in [2.75, 3.05) is 26.3 Å². The Hall–Kier alpha value is -0.800. The third-order valence-electron chi connectivity index (χ3n) is 3.49. The number of hydrogen-bond acceptors (Lipinski definition) is 3. The predicted octanol–water partition coefficient (Wildman–Crippen LogP) is 2.62. The third kappa shape index (κ3) is 3.58. The maximum absolute atomic E-state index is 5.69. The van der Waals surface area contributed by atoms with E-state index in [2.05, 4.69) is 18.3 Å². The molecule has 0 bridgehead atoms. The van der Waals surface area contributed by atoms with Gasteiger partial charge in [-0.3, -0.25) is 0 Å². The lowest BCUT2D eigenvalue weighted by molar-refractivity contribution is -0.00712. The molecule has 0 aliphatic carbocycles. The van der Waals surface area contributed by atoms with Gasteiger partial charge >= 0.3 is 0 Å². The van der Waals surface area contributed by atoms with E-state index >= 15 is 0 Å². The largest absolute Gasteiger partial charge is 0.472 e. The van der Waals surface area contributed by atoms with E-state index in [0.29, 0.717) is 0 Å². The molecule has 2 rings (SSSR count). The van der Waals surface area contributed by atoms with E-state index in [9.17, 15) is 0 Å². The number of nitrogens with one attached hydrogen (secondary N) is 1. The minimum absolute atomic E-state index is 0.261. The quantitative estimate of drug-likeness (QED) is 0.772. The highest BCUT2D eigenvalue weighted by Crippen LogP contribution is 2.32. The second-order valence-corrected chi connectivity index (χ2v) is 5.14. The van der Waals surface area contributed by atoms with Crippen LogP contribution in [0.4, 0.5) is 0 Å². The standard InChI is InChI=1S/C14H23NO2/c1-2-6-15-11-14(5-3-7-17-12-14)9-13-4-8-16-10-13/h4,8,10,15H,2-3,5-7,9,11-12H2,1H3. The van der Waals surface area contributed by atoms with Crippen LogP contribution in [0.15, 0.2) is 23.0 Å². The molecule has 96 valence electrons. The van der Waals surface area contributed by atoms with E-state index < -0.39 is 0 Å². The van der Waals surface area contributed by atoms with Crippen LogP contribution in [0.2, 0.25) is 0 Å². The van der Waals surface area contributed by atoms with Gasteiger partial charge in [0, 0.05) is 18.6 Å². The van der Waals surface area contributed by atoms with Gasteiger partial charge in [0.2, 0.25) is 0 Å². The fourth-order valence-electron chi connectivity index (χ4n) is 2.61. The van der Waals surface area contributed by atoms with Crippen LogP contribution in [0, 0.1) is 5.41 Å². The molecule has 0 aromatic carbocycles. The first kappa shape index (κ1) is 12.7. The van der Waals surface area contributed by atoms with Crippen LogP contribution >= 0.6 is 0 Å². The van der Waals surface area contributed by atoms with Gasteiger partial charge in [-0.05, 0) is 43.9 Å². The topological polar surface area (TPSA) is 34.4 Å². The third-order valence-corrected chi connectivity index (χ3v) is 3.49. The molecule has 1 N–H and O–H groups in total. The van der Waals surface area contributed by atoms with Crippen molar-refractivity contribution in [2.45, 2.75) is 32.6 Å². The van der Waals surface area contributed by atoms with E-state index in [1.165, 1.54) is 24.8 Å². The first-order valence-corrected chi connectivity index (χ1v) is 6.64. The van der Waals surface area contributed by atoms with Gasteiger partial charge in [0.05, 0.1) is 19.1 Å². The van der Waals surface area contributed by atoms with Gasteiger partial charge in [-0.15, -0.1) is 0 Å². The summed E-state index contributed by atoms with van der Waals surface area (Å²) >= 11 is 0. The first-order chi connectivity index (χ1) is 8.35. The molecule has 1 saturated heterocycles. The molecule has 3 heteroatoms. The molecule has 0 saturated carbocycles. The SMILES string of the molecule is CCCNCC1(Cc2ccoc2)CCCOC1. The molecule has 1 aliphatic rings. The molecule has 1 aromatic heterocycles. The Morgan fingerprint density at radius 1 is 1.47 bits per heavy atom. The van der Waals surface area contributed by atoms with Gasteiger partial charge in [0.1, 0.15) is 0 Å². The number of furan rings is 1. The summed E-state index contributed by atoms with van der Waals surface area (Å²) in [7, 11) is 0. The lowest BCUT2D eigenvalue weighted by atomic mass is 9.77. The molecule has 0 amide bonds. The van der Waals surface area contributed by atoms with Crippen molar-refractivity contribution in [3.05, 3.63) is 24.2 Å². The Bertz CT molecular complexity index is 302. The van der Waals surface area contributed by atoms with Crippen LogP contribution in [0.3, 0.4) is 0 Å². The average Bonchev–Trinajstić information content (AvgIpc) is 2.83. The van der Waals surface area contributed by atoms with Crippen molar-refractivity contribution in [1.29, 1.82) is 0 Å². The van der Waals surface area contributed by atoms with Gasteiger partial charge in [-0.2, -0.15) is 0 Å². The molecule has 0 spiro atoms. The van der Waals surface area contributed by atoms with Gasteiger partial charge in [-0.25, -0.2) is 0 Å². The van der Waals surface area contributed by atoms with E-state index in [-0.39, 0.29) is 5.41 Å².